The molecule has 0 heterocycles. The molecule has 3 heteroatoms. The minimum atomic E-state index is -1.12. The molecule has 2 N–H and O–H groups in total. The van der Waals surface area contributed by atoms with Crippen LogP contribution in [0.3, 0.4) is 0 Å². The summed E-state index contributed by atoms with van der Waals surface area (Å²) in [6, 6.07) is 0. The third-order valence-corrected chi connectivity index (χ3v) is 8.91. The van der Waals surface area contributed by atoms with Crippen LogP contribution in [-0.4, -0.2) is 27.7 Å². The van der Waals surface area contributed by atoms with E-state index in [1.165, 1.54) is 6.42 Å². The van der Waals surface area contributed by atoms with Gasteiger partial charge >= 0.3 is 0 Å². The Kier molecular flexibility index (Phi) is 5.38. The quantitative estimate of drug-likeness (QED) is 0.758. The molecule has 3 aliphatic carbocycles. The lowest BCUT2D eigenvalue weighted by Gasteiger charge is -2.56. The average Bonchev–Trinajstić information content (AvgIpc) is 2.84. The smallest absolute Gasteiger partial charge is 0.161 e. The third kappa shape index (κ3) is 3.07. The molecule has 3 fully saturated rings. The molecule has 0 aromatic carbocycles. The normalized spacial score (nSPS) is 49.2. The Bertz CT molecular complexity index is 534. The summed E-state index contributed by atoms with van der Waals surface area (Å²) in [5, 5.41) is 21.3. The van der Waals surface area contributed by atoms with Gasteiger partial charge in [0.05, 0.1) is 6.10 Å². The monoisotopic (exact) mass is 364 g/mol. The molecule has 3 nitrogen and oxygen atoms in total. The molecular formula is C23H40O3. The van der Waals surface area contributed by atoms with Crippen molar-refractivity contribution in [3.63, 3.8) is 0 Å². The molecule has 0 spiro atoms. The van der Waals surface area contributed by atoms with Crippen molar-refractivity contribution in [2.75, 3.05) is 0 Å². The molecule has 5 atom stereocenters. The summed E-state index contributed by atoms with van der Waals surface area (Å²) in [6.45, 7) is 10.8. The van der Waals surface area contributed by atoms with E-state index in [0.717, 1.165) is 44.9 Å². The molecule has 150 valence electrons. The Morgan fingerprint density at radius 1 is 1.00 bits per heavy atom. The fraction of sp³-hybridized carbons (Fsp3) is 0.957. The molecule has 0 aromatic rings. The van der Waals surface area contributed by atoms with Crippen molar-refractivity contribution in [2.24, 2.45) is 34.5 Å². The van der Waals surface area contributed by atoms with Crippen molar-refractivity contribution < 1.29 is 15.0 Å². The van der Waals surface area contributed by atoms with Crippen molar-refractivity contribution in [1.29, 1.82) is 0 Å². The van der Waals surface area contributed by atoms with Gasteiger partial charge in [-0.2, -0.15) is 0 Å². The van der Waals surface area contributed by atoms with Gasteiger partial charge in [0.1, 0.15) is 5.60 Å². The minimum absolute atomic E-state index is 0.0313. The van der Waals surface area contributed by atoms with E-state index in [9.17, 15) is 15.0 Å². The van der Waals surface area contributed by atoms with Gasteiger partial charge in [-0.1, -0.05) is 27.7 Å². The summed E-state index contributed by atoms with van der Waals surface area (Å²) in [7, 11) is 0. The van der Waals surface area contributed by atoms with Crippen LogP contribution in [-0.2, 0) is 4.79 Å². The van der Waals surface area contributed by atoms with Crippen LogP contribution >= 0.6 is 0 Å². The first-order chi connectivity index (χ1) is 12.0. The van der Waals surface area contributed by atoms with Crippen molar-refractivity contribution in [3.8, 4) is 0 Å². The molecule has 5 unspecified atom stereocenters. The van der Waals surface area contributed by atoms with Crippen LogP contribution < -0.4 is 0 Å². The first kappa shape index (κ1) is 20.3. The van der Waals surface area contributed by atoms with Gasteiger partial charge in [-0.25, -0.2) is 0 Å². The van der Waals surface area contributed by atoms with Crippen molar-refractivity contribution >= 4 is 5.78 Å². The van der Waals surface area contributed by atoms with E-state index in [0.29, 0.717) is 35.5 Å². The van der Waals surface area contributed by atoms with Gasteiger partial charge in [0.15, 0.2) is 5.78 Å². The SMILES string of the molecule is CC(=O)C1(O)CCC2C(CC(C)C)C(C3(C)CCC(O)CC3)CCC21C. The van der Waals surface area contributed by atoms with Crippen LogP contribution in [0.2, 0.25) is 0 Å². The van der Waals surface area contributed by atoms with Crippen LogP contribution in [0.4, 0.5) is 0 Å². The lowest BCUT2D eigenvalue weighted by atomic mass is 9.49. The Hall–Kier alpha value is -0.410. The van der Waals surface area contributed by atoms with Gasteiger partial charge < -0.3 is 10.2 Å². The maximum Gasteiger partial charge on any atom is 0.161 e. The molecule has 0 radical (unpaired) electrons. The Morgan fingerprint density at radius 3 is 2.12 bits per heavy atom. The lowest BCUT2D eigenvalue weighted by molar-refractivity contribution is -0.160. The maximum absolute atomic E-state index is 12.4. The number of Topliss-reactive ketones (excluding diaryl/α,β-unsaturated/α-hetero) is 1. The molecular weight excluding hydrogens is 324 g/mol. The molecule has 0 amide bonds. The van der Waals surface area contributed by atoms with E-state index in [1.807, 2.05) is 0 Å². The number of carbonyl (C=O) groups excluding carboxylic acids is 1. The Morgan fingerprint density at radius 2 is 1.58 bits per heavy atom. The number of fused-ring (bicyclic) bond motifs is 1. The fourth-order valence-electron chi connectivity index (χ4n) is 7.25. The first-order valence-corrected chi connectivity index (χ1v) is 10.9. The molecule has 3 rings (SSSR count). The number of hydrogen-bond acceptors (Lipinski definition) is 3. The highest BCUT2D eigenvalue weighted by atomic mass is 16.3. The van der Waals surface area contributed by atoms with Crippen LogP contribution in [0.15, 0.2) is 0 Å². The summed E-state index contributed by atoms with van der Waals surface area (Å²) < 4.78 is 0. The molecule has 26 heavy (non-hydrogen) atoms. The Labute approximate surface area is 160 Å². The van der Waals surface area contributed by atoms with E-state index in [-0.39, 0.29) is 17.3 Å². The molecule has 3 saturated carbocycles. The highest BCUT2D eigenvalue weighted by Crippen LogP contribution is 2.65. The number of aliphatic hydroxyl groups is 2. The molecule has 0 aromatic heterocycles. The number of rotatable bonds is 4. The molecule has 0 bridgehead atoms. The Balaban J connectivity index is 1.92. The van der Waals surface area contributed by atoms with E-state index >= 15 is 0 Å². The predicted molar refractivity (Wildman–Crippen MR) is 105 cm³/mol. The van der Waals surface area contributed by atoms with Crippen LogP contribution in [0.5, 0.6) is 0 Å². The zero-order valence-corrected chi connectivity index (χ0v) is 17.6. The van der Waals surface area contributed by atoms with E-state index in [2.05, 4.69) is 27.7 Å². The highest BCUT2D eigenvalue weighted by molar-refractivity contribution is 5.86. The molecule has 3 aliphatic rings. The zero-order valence-electron chi connectivity index (χ0n) is 17.6. The largest absolute Gasteiger partial charge is 0.393 e. The second-order valence-corrected chi connectivity index (χ2v) is 10.8. The summed E-state index contributed by atoms with van der Waals surface area (Å²) >= 11 is 0. The van der Waals surface area contributed by atoms with Crippen LogP contribution in [0.25, 0.3) is 0 Å². The topological polar surface area (TPSA) is 57.5 Å². The first-order valence-electron chi connectivity index (χ1n) is 10.9. The maximum atomic E-state index is 12.4. The van der Waals surface area contributed by atoms with E-state index in [1.54, 1.807) is 6.92 Å². The average molecular weight is 365 g/mol. The summed E-state index contributed by atoms with van der Waals surface area (Å²) in [6.07, 6.45) is 8.88. The second kappa shape index (κ2) is 6.88. The van der Waals surface area contributed by atoms with Crippen molar-refractivity contribution in [2.45, 2.75) is 104 Å². The standard InChI is InChI=1S/C23H40O3/c1-15(2)14-18-19(21(4)10-6-17(25)7-11-21)8-12-22(5)20(18)9-13-23(22,26)16(3)24/h15,17-20,25-26H,6-14H2,1-5H3. The second-order valence-electron chi connectivity index (χ2n) is 10.8. The summed E-state index contributed by atoms with van der Waals surface area (Å²) in [4.78, 5) is 12.4. The summed E-state index contributed by atoms with van der Waals surface area (Å²) in [5.74, 6) is 2.29. The number of carbonyl (C=O) groups is 1. The van der Waals surface area contributed by atoms with Gasteiger partial charge in [0.2, 0.25) is 0 Å². The van der Waals surface area contributed by atoms with E-state index < -0.39 is 5.60 Å². The highest BCUT2D eigenvalue weighted by Gasteiger charge is 2.64. The van der Waals surface area contributed by atoms with Crippen LogP contribution in [0, 0.1) is 34.5 Å². The zero-order chi connectivity index (χ0) is 19.3. The van der Waals surface area contributed by atoms with Gasteiger partial charge in [-0.05, 0) is 93.8 Å². The summed E-state index contributed by atoms with van der Waals surface area (Å²) in [5.41, 5.74) is -1.09. The number of aliphatic hydroxyl groups excluding tert-OH is 1. The lowest BCUT2D eigenvalue weighted by Crippen LogP contribution is -2.56. The fourth-order valence-corrected chi connectivity index (χ4v) is 7.25. The van der Waals surface area contributed by atoms with Crippen LogP contribution in [0.1, 0.15) is 92.4 Å². The van der Waals surface area contributed by atoms with E-state index in [4.69, 9.17) is 0 Å². The van der Waals surface area contributed by atoms with Gasteiger partial charge in [-0.3, -0.25) is 4.79 Å². The predicted octanol–water partition coefficient (Wildman–Crippen LogP) is 4.74. The van der Waals surface area contributed by atoms with Crippen molar-refractivity contribution in [1.82, 2.24) is 0 Å². The van der Waals surface area contributed by atoms with Crippen molar-refractivity contribution in [3.05, 3.63) is 0 Å². The van der Waals surface area contributed by atoms with Gasteiger partial charge in [0.25, 0.3) is 0 Å². The van der Waals surface area contributed by atoms with Gasteiger partial charge in [0, 0.05) is 5.41 Å². The van der Waals surface area contributed by atoms with Gasteiger partial charge in [-0.15, -0.1) is 0 Å². The molecule has 0 aliphatic heterocycles. The number of hydrogen-bond donors (Lipinski definition) is 2. The third-order valence-electron chi connectivity index (χ3n) is 8.91. The molecule has 0 saturated heterocycles. The minimum Gasteiger partial charge on any atom is -0.393 e. The number of ketones is 1.